The number of carbonyl (C=O) groups excluding carboxylic acids is 2. The van der Waals surface area contributed by atoms with Crippen LogP contribution in [0, 0.1) is 5.92 Å². The molecule has 102 valence electrons. The minimum absolute atomic E-state index is 0.0179. The fourth-order valence-electron chi connectivity index (χ4n) is 2.35. The lowest BCUT2D eigenvalue weighted by Crippen LogP contribution is -2.71. The van der Waals surface area contributed by atoms with E-state index in [9.17, 15) is 9.59 Å². The van der Waals surface area contributed by atoms with Gasteiger partial charge in [-0.3, -0.25) is 9.59 Å². The minimum Gasteiger partial charge on any atom is -0.340 e. The van der Waals surface area contributed by atoms with Crippen LogP contribution in [0.5, 0.6) is 0 Å². The molecule has 1 aliphatic heterocycles. The number of amides is 2. The summed E-state index contributed by atoms with van der Waals surface area (Å²) in [4.78, 5) is 26.5. The lowest BCUT2D eigenvalue weighted by atomic mass is 9.87. The highest BCUT2D eigenvalue weighted by Gasteiger charge is 2.48. The zero-order valence-electron chi connectivity index (χ0n) is 12.0. The molecule has 0 saturated carbocycles. The molecule has 0 spiro atoms. The average molecular weight is 252 g/mol. The van der Waals surface area contributed by atoms with Gasteiger partial charge >= 0.3 is 0 Å². The summed E-state index contributed by atoms with van der Waals surface area (Å²) in [5, 5.41) is 2.87. The van der Waals surface area contributed by atoms with Crippen LogP contribution < -0.4 is 5.32 Å². The molecule has 1 N–H and O–H groups in total. The Morgan fingerprint density at radius 3 is 2.39 bits per heavy atom. The van der Waals surface area contributed by atoms with Crippen LogP contribution in [0.1, 0.15) is 41.0 Å². The molecule has 1 fully saturated rings. The van der Waals surface area contributed by atoms with Crippen molar-refractivity contribution in [3.8, 4) is 0 Å². The highest BCUT2D eigenvalue weighted by atomic mass is 16.2. The van der Waals surface area contributed by atoms with Crippen molar-refractivity contribution in [2.75, 3.05) is 0 Å². The molecule has 4 nitrogen and oxygen atoms in total. The summed E-state index contributed by atoms with van der Waals surface area (Å²) in [7, 11) is 0. The van der Waals surface area contributed by atoms with E-state index in [-0.39, 0.29) is 23.8 Å². The third-order valence-corrected chi connectivity index (χ3v) is 3.79. The highest BCUT2D eigenvalue weighted by molar-refractivity contribution is 6.00. The second-order valence-electron chi connectivity index (χ2n) is 5.55. The largest absolute Gasteiger partial charge is 0.340 e. The Labute approximate surface area is 109 Å². The summed E-state index contributed by atoms with van der Waals surface area (Å²) < 4.78 is 0. The molecule has 1 rings (SSSR count). The number of carbonyl (C=O) groups is 2. The van der Waals surface area contributed by atoms with Crippen LogP contribution in [-0.2, 0) is 9.59 Å². The van der Waals surface area contributed by atoms with Gasteiger partial charge < -0.3 is 10.2 Å². The number of hydrogen-bond acceptors (Lipinski definition) is 2. The van der Waals surface area contributed by atoms with E-state index < -0.39 is 11.6 Å². The smallest absolute Gasteiger partial charge is 0.249 e. The predicted molar refractivity (Wildman–Crippen MR) is 72.0 cm³/mol. The second-order valence-corrected chi connectivity index (χ2v) is 5.55. The first-order valence-corrected chi connectivity index (χ1v) is 6.55. The molecule has 0 aromatic carbocycles. The molecule has 1 aliphatic rings. The van der Waals surface area contributed by atoms with Gasteiger partial charge in [-0.2, -0.15) is 0 Å². The summed E-state index contributed by atoms with van der Waals surface area (Å²) in [6, 6.07) is -0.549. The van der Waals surface area contributed by atoms with E-state index in [0.29, 0.717) is 6.42 Å². The molecule has 4 heteroatoms. The second kappa shape index (κ2) is 5.12. The lowest BCUT2D eigenvalue weighted by Gasteiger charge is -2.47. The molecule has 3 atom stereocenters. The van der Waals surface area contributed by atoms with Crippen molar-refractivity contribution in [1.29, 1.82) is 0 Å². The normalized spacial score (nSPS) is 30.3. The van der Waals surface area contributed by atoms with Gasteiger partial charge in [0.25, 0.3) is 0 Å². The zero-order chi connectivity index (χ0) is 14.1. The van der Waals surface area contributed by atoms with Crippen molar-refractivity contribution in [2.24, 2.45) is 5.92 Å². The molecule has 18 heavy (non-hydrogen) atoms. The van der Waals surface area contributed by atoms with Crippen molar-refractivity contribution in [3.05, 3.63) is 12.7 Å². The van der Waals surface area contributed by atoms with Gasteiger partial charge in [-0.05, 0) is 26.2 Å². The van der Waals surface area contributed by atoms with E-state index in [1.165, 1.54) is 0 Å². The van der Waals surface area contributed by atoms with E-state index in [4.69, 9.17) is 0 Å². The molecule has 0 aliphatic carbocycles. The molecular formula is C14H24N2O2. The third-order valence-electron chi connectivity index (χ3n) is 3.79. The maximum Gasteiger partial charge on any atom is 0.249 e. The number of piperazine rings is 1. The van der Waals surface area contributed by atoms with E-state index >= 15 is 0 Å². The first kappa shape index (κ1) is 14.7. The minimum atomic E-state index is -0.792. The van der Waals surface area contributed by atoms with Crippen LogP contribution in [0.2, 0.25) is 0 Å². The van der Waals surface area contributed by atoms with Crippen LogP contribution in [0.4, 0.5) is 0 Å². The quantitative estimate of drug-likeness (QED) is 0.774. The fourth-order valence-corrected chi connectivity index (χ4v) is 2.35. The zero-order valence-corrected chi connectivity index (χ0v) is 12.0. The van der Waals surface area contributed by atoms with Gasteiger partial charge in [-0.25, -0.2) is 0 Å². The maximum atomic E-state index is 12.6. The molecule has 2 amide bonds. The molecule has 0 aromatic heterocycles. The molecule has 0 aromatic rings. The first-order valence-electron chi connectivity index (χ1n) is 6.55. The molecule has 3 unspecified atom stereocenters. The first-order chi connectivity index (χ1) is 8.28. The van der Waals surface area contributed by atoms with Gasteiger partial charge in [0.1, 0.15) is 11.6 Å². The molecule has 0 radical (unpaired) electrons. The van der Waals surface area contributed by atoms with E-state index in [0.717, 1.165) is 0 Å². The van der Waals surface area contributed by atoms with Crippen LogP contribution in [-0.4, -0.2) is 34.3 Å². The number of nitrogens with one attached hydrogen (secondary N) is 1. The Morgan fingerprint density at radius 1 is 1.44 bits per heavy atom. The van der Waals surface area contributed by atoms with Crippen LogP contribution in [0.3, 0.4) is 0 Å². The van der Waals surface area contributed by atoms with Gasteiger partial charge in [0.05, 0.1) is 0 Å². The predicted octanol–water partition coefficient (Wildman–Crippen LogP) is 1.71. The SMILES string of the molecule is C=CC(C)N1C(=O)C(C)(CC)NC(=O)C1C(C)C. The van der Waals surface area contributed by atoms with Gasteiger partial charge in [0, 0.05) is 6.04 Å². The topological polar surface area (TPSA) is 49.4 Å². The standard InChI is InChI=1S/C14H24N2O2/c1-7-10(5)16-11(9(3)4)12(17)15-14(6,8-2)13(16)18/h7,9-11H,1,8H2,2-6H3,(H,15,17). The molecule has 1 saturated heterocycles. The van der Waals surface area contributed by atoms with Crippen molar-refractivity contribution in [3.63, 3.8) is 0 Å². The molecule has 1 heterocycles. The Balaban J connectivity index is 3.21. The van der Waals surface area contributed by atoms with Gasteiger partial charge in [-0.1, -0.05) is 26.8 Å². The third kappa shape index (κ3) is 2.28. The highest BCUT2D eigenvalue weighted by Crippen LogP contribution is 2.27. The Bertz CT molecular complexity index is 365. The summed E-state index contributed by atoms with van der Waals surface area (Å²) in [6.07, 6.45) is 2.30. The number of nitrogens with zero attached hydrogens (tertiary/aromatic N) is 1. The van der Waals surface area contributed by atoms with Crippen molar-refractivity contribution >= 4 is 11.8 Å². The maximum absolute atomic E-state index is 12.6. The van der Waals surface area contributed by atoms with Crippen LogP contribution in [0.15, 0.2) is 12.7 Å². The van der Waals surface area contributed by atoms with Gasteiger partial charge in [-0.15, -0.1) is 6.58 Å². The van der Waals surface area contributed by atoms with Crippen molar-refractivity contribution < 1.29 is 9.59 Å². The van der Waals surface area contributed by atoms with Crippen LogP contribution >= 0.6 is 0 Å². The number of hydrogen-bond donors (Lipinski definition) is 1. The lowest BCUT2D eigenvalue weighted by molar-refractivity contribution is -0.157. The Hall–Kier alpha value is -1.32. The summed E-state index contributed by atoms with van der Waals surface area (Å²) in [5.41, 5.74) is -0.792. The Kier molecular flexibility index (Phi) is 4.20. The summed E-state index contributed by atoms with van der Waals surface area (Å²) in [6.45, 7) is 13.2. The van der Waals surface area contributed by atoms with Gasteiger partial charge in [0.2, 0.25) is 11.8 Å². The average Bonchev–Trinajstić information content (AvgIpc) is 2.31. The molecular weight excluding hydrogens is 228 g/mol. The fraction of sp³-hybridized carbons (Fsp3) is 0.714. The Morgan fingerprint density at radius 2 is 2.00 bits per heavy atom. The summed E-state index contributed by atoms with van der Waals surface area (Å²) >= 11 is 0. The molecule has 0 bridgehead atoms. The number of rotatable bonds is 4. The van der Waals surface area contributed by atoms with Crippen molar-refractivity contribution in [2.45, 2.75) is 58.7 Å². The summed E-state index contributed by atoms with van der Waals surface area (Å²) in [5.74, 6) is -0.00361. The van der Waals surface area contributed by atoms with E-state index in [1.807, 2.05) is 27.7 Å². The van der Waals surface area contributed by atoms with E-state index in [2.05, 4.69) is 11.9 Å². The van der Waals surface area contributed by atoms with E-state index in [1.54, 1.807) is 17.9 Å². The van der Waals surface area contributed by atoms with Crippen LogP contribution in [0.25, 0.3) is 0 Å². The van der Waals surface area contributed by atoms with Gasteiger partial charge in [0.15, 0.2) is 0 Å². The monoisotopic (exact) mass is 252 g/mol. The van der Waals surface area contributed by atoms with Crippen molar-refractivity contribution in [1.82, 2.24) is 10.2 Å².